The summed E-state index contributed by atoms with van der Waals surface area (Å²) in [6.07, 6.45) is 1.64. The molecule has 5 heteroatoms. The molecule has 0 aliphatic rings. The summed E-state index contributed by atoms with van der Waals surface area (Å²) in [4.78, 5) is 16.4. The maximum atomic E-state index is 12.2. The zero-order valence-corrected chi connectivity index (χ0v) is 14.5. The SMILES string of the molecule is Cc1ccc(NC(=O)c2ccc(NCc3ccccc3Cl)cn2)cc1. The number of pyridine rings is 1. The Morgan fingerprint density at radius 1 is 1.00 bits per heavy atom. The monoisotopic (exact) mass is 351 g/mol. The number of aryl methyl sites for hydroxylation is 1. The molecule has 0 atom stereocenters. The van der Waals surface area contributed by atoms with Crippen molar-refractivity contribution in [2.45, 2.75) is 13.5 Å². The molecule has 0 fully saturated rings. The van der Waals surface area contributed by atoms with Crippen molar-refractivity contribution in [3.63, 3.8) is 0 Å². The van der Waals surface area contributed by atoms with Gasteiger partial charge in [-0.05, 0) is 42.8 Å². The minimum absolute atomic E-state index is 0.235. The van der Waals surface area contributed by atoms with Gasteiger partial charge < -0.3 is 10.6 Å². The van der Waals surface area contributed by atoms with Crippen LogP contribution in [-0.4, -0.2) is 10.9 Å². The molecule has 1 heterocycles. The first-order chi connectivity index (χ1) is 12.1. The van der Waals surface area contributed by atoms with Crippen molar-refractivity contribution in [3.05, 3.63) is 88.7 Å². The Bertz CT molecular complexity index is 861. The van der Waals surface area contributed by atoms with E-state index in [0.717, 1.165) is 27.5 Å². The molecular formula is C20H18ClN3O. The van der Waals surface area contributed by atoms with Crippen LogP contribution in [0.3, 0.4) is 0 Å². The average Bonchev–Trinajstić information content (AvgIpc) is 2.63. The Morgan fingerprint density at radius 3 is 2.40 bits per heavy atom. The number of anilines is 2. The van der Waals surface area contributed by atoms with Crippen LogP contribution >= 0.6 is 11.6 Å². The van der Waals surface area contributed by atoms with Gasteiger partial charge in [0.2, 0.25) is 0 Å². The molecule has 25 heavy (non-hydrogen) atoms. The lowest BCUT2D eigenvalue weighted by molar-refractivity contribution is 0.102. The van der Waals surface area contributed by atoms with E-state index in [0.29, 0.717) is 12.2 Å². The lowest BCUT2D eigenvalue weighted by atomic mass is 10.2. The molecule has 0 aliphatic heterocycles. The van der Waals surface area contributed by atoms with E-state index < -0.39 is 0 Å². The number of benzene rings is 2. The Kier molecular flexibility index (Phi) is 5.31. The Balaban J connectivity index is 1.60. The number of hydrogen-bond acceptors (Lipinski definition) is 3. The van der Waals surface area contributed by atoms with Crippen LogP contribution in [0, 0.1) is 6.92 Å². The zero-order chi connectivity index (χ0) is 17.6. The molecule has 3 aromatic rings. The molecule has 0 aliphatic carbocycles. The zero-order valence-electron chi connectivity index (χ0n) is 13.8. The number of hydrogen-bond donors (Lipinski definition) is 2. The number of nitrogens with one attached hydrogen (secondary N) is 2. The molecule has 2 aromatic carbocycles. The number of carbonyl (C=O) groups is 1. The van der Waals surface area contributed by atoms with Crippen LogP contribution < -0.4 is 10.6 Å². The van der Waals surface area contributed by atoms with Gasteiger partial charge in [0, 0.05) is 17.3 Å². The minimum atomic E-state index is -0.235. The molecule has 0 bridgehead atoms. The molecule has 4 nitrogen and oxygen atoms in total. The number of rotatable bonds is 5. The van der Waals surface area contributed by atoms with Crippen LogP contribution in [0.25, 0.3) is 0 Å². The third-order valence-corrected chi connectivity index (χ3v) is 4.12. The number of nitrogens with zero attached hydrogens (tertiary/aromatic N) is 1. The first-order valence-corrected chi connectivity index (χ1v) is 8.31. The largest absolute Gasteiger partial charge is 0.380 e. The highest BCUT2D eigenvalue weighted by molar-refractivity contribution is 6.31. The van der Waals surface area contributed by atoms with E-state index in [4.69, 9.17) is 11.6 Å². The quantitative estimate of drug-likeness (QED) is 0.686. The van der Waals surface area contributed by atoms with E-state index in [9.17, 15) is 4.79 Å². The van der Waals surface area contributed by atoms with Crippen LogP contribution in [0.15, 0.2) is 66.9 Å². The maximum Gasteiger partial charge on any atom is 0.274 e. The molecular weight excluding hydrogens is 334 g/mol. The summed E-state index contributed by atoms with van der Waals surface area (Å²) in [5.74, 6) is -0.235. The van der Waals surface area contributed by atoms with Crippen molar-refractivity contribution in [2.24, 2.45) is 0 Å². The van der Waals surface area contributed by atoms with Crippen molar-refractivity contribution >= 4 is 28.9 Å². The summed E-state index contributed by atoms with van der Waals surface area (Å²) in [5, 5.41) is 6.80. The van der Waals surface area contributed by atoms with Crippen LogP contribution in [0.1, 0.15) is 21.6 Å². The van der Waals surface area contributed by atoms with Gasteiger partial charge in [-0.1, -0.05) is 47.5 Å². The van der Waals surface area contributed by atoms with Crippen molar-refractivity contribution in [1.29, 1.82) is 0 Å². The lowest BCUT2D eigenvalue weighted by Gasteiger charge is -2.09. The minimum Gasteiger partial charge on any atom is -0.380 e. The van der Waals surface area contributed by atoms with Crippen molar-refractivity contribution in [3.8, 4) is 0 Å². The van der Waals surface area contributed by atoms with E-state index in [1.54, 1.807) is 12.3 Å². The first kappa shape index (κ1) is 17.0. The van der Waals surface area contributed by atoms with Gasteiger partial charge in [0.15, 0.2) is 0 Å². The van der Waals surface area contributed by atoms with Crippen molar-refractivity contribution in [2.75, 3.05) is 10.6 Å². The molecule has 1 amide bonds. The van der Waals surface area contributed by atoms with Crippen molar-refractivity contribution in [1.82, 2.24) is 4.98 Å². The molecule has 0 saturated heterocycles. The number of amides is 1. The van der Waals surface area contributed by atoms with Gasteiger partial charge in [-0.25, -0.2) is 4.98 Å². The highest BCUT2D eigenvalue weighted by atomic mass is 35.5. The fraction of sp³-hybridized carbons (Fsp3) is 0.100. The van der Waals surface area contributed by atoms with E-state index >= 15 is 0 Å². The second kappa shape index (κ2) is 7.81. The fourth-order valence-corrected chi connectivity index (χ4v) is 2.51. The smallest absolute Gasteiger partial charge is 0.274 e. The molecule has 0 unspecified atom stereocenters. The molecule has 0 spiro atoms. The summed E-state index contributed by atoms with van der Waals surface area (Å²) in [7, 11) is 0. The second-order valence-electron chi connectivity index (χ2n) is 5.70. The van der Waals surface area contributed by atoms with E-state index in [1.807, 2.05) is 61.5 Å². The van der Waals surface area contributed by atoms with Gasteiger partial charge in [0.1, 0.15) is 5.69 Å². The van der Waals surface area contributed by atoms with Crippen molar-refractivity contribution < 1.29 is 4.79 Å². The first-order valence-electron chi connectivity index (χ1n) is 7.93. The van der Waals surface area contributed by atoms with Crippen LogP contribution in [-0.2, 0) is 6.54 Å². The van der Waals surface area contributed by atoms with Gasteiger partial charge in [0.05, 0.1) is 11.9 Å². The standard InChI is InChI=1S/C20H18ClN3O/c1-14-6-8-16(9-7-14)24-20(25)19-11-10-17(13-23-19)22-12-15-4-2-3-5-18(15)21/h2-11,13,22H,12H2,1H3,(H,24,25). The van der Waals surface area contributed by atoms with Gasteiger partial charge in [-0.2, -0.15) is 0 Å². The third-order valence-electron chi connectivity index (χ3n) is 3.75. The number of halogens is 1. The summed E-state index contributed by atoms with van der Waals surface area (Å²) >= 11 is 6.14. The summed E-state index contributed by atoms with van der Waals surface area (Å²) < 4.78 is 0. The Labute approximate surface area is 151 Å². The number of aromatic nitrogens is 1. The molecule has 3 rings (SSSR count). The van der Waals surface area contributed by atoms with Gasteiger partial charge >= 0.3 is 0 Å². The molecule has 0 radical (unpaired) electrons. The molecule has 1 aromatic heterocycles. The summed E-state index contributed by atoms with van der Waals surface area (Å²) in [5.41, 5.74) is 4.09. The van der Waals surface area contributed by atoms with E-state index in [2.05, 4.69) is 15.6 Å². The van der Waals surface area contributed by atoms with Crippen LogP contribution in [0.5, 0.6) is 0 Å². The fourth-order valence-electron chi connectivity index (χ4n) is 2.30. The van der Waals surface area contributed by atoms with E-state index in [-0.39, 0.29) is 5.91 Å². The Hall–Kier alpha value is -2.85. The maximum absolute atomic E-state index is 12.2. The Morgan fingerprint density at radius 2 is 1.72 bits per heavy atom. The summed E-state index contributed by atoms with van der Waals surface area (Å²) in [6.45, 7) is 2.60. The molecule has 2 N–H and O–H groups in total. The molecule has 0 saturated carbocycles. The summed E-state index contributed by atoms with van der Waals surface area (Å²) in [6, 6.07) is 18.8. The predicted molar refractivity (Wildman–Crippen MR) is 102 cm³/mol. The van der Waals surface area contributed by atoms with Gasteiger partial charge in [0.25, 0.3) is 5.91 Å². The van der Waals surface area contributed by atoms with Crippen LogP contribution in [0.2, 0.25) is 5.02 Å². The highest BCUT2D eigenvalue weighted by Crippen LogP contribution is 2.17. The third kappa shape index (κ3) is 4.58. The number of carbonyl (C=O) groups excluding carboxylic acids is 1. The van der Waals surface area contributed by atoms with Crippen LogP contribution in [0.4, 0.5) is 11.4 Å². The highest BCUT2D eigenvalue weighted by Gasteiger charge is 2.08. The normalized spacial score (nSPS) is 10.3. The molecule has 126 valence electrons. The average molecular weight is 352 g/mol. The topological polar surface area (TPSA) is 54.0 Å². The van der Waals surface area contributed by atoms with E-state index in [1.165, 1.54) is 0 Å². The lowest BCUT2D eigenvalue weighted by Crippen LogP contribution is -2.13. The van der Waals surface area contributed by atoms with Gasteiger partial charge in [-0.3, -0.25) is 4.79 Å². The van der Waals surface area contributed by atoms with Gasteiger partial charge in [-0.15, -0.1) is 0 Å². The second-order valence-corrected chi connectivity index (χ2v) is 6.10. The predicted octanol–water partition coefficient (Wildman–Crippen LogP) is 4.91.